The van der Waals surface area contributed by atoms with E-state index >= 15 is 0 Å². The Bertz CT molecular complexity index is 583. The Kier molecular flexibility index (Phi) is 5.23. The van der Waals surface area contributed by atoms with Gasteiger partial charge in [-0.25, -0.2) is 4.98 Å². The lowest BCUT2D eigenvalue weighted by atomic mass is 10.1. The van der Waals surface area contributed by atoms with Gasteiger partial charge in [0.15, 0.2) is 0 Å². The van der Waals surface area contributed by atoms with Gasteiger partial charge in [-0.3, -0.25) is 0 Å². The Hall–Kier alpha value is -1.55. The molecular weight excluding hydrogens is 330 g/mol. The van der Waals surface area contributed by atoms with Crippen LogP contribution in [0.15, 0.2) is 41.0 Å². The van der Waals surface area contributed by atoms with Gasteiger partial charge in [-0.1, -0.05) is 12.1 Å². The highest BCUT2D eigenvalue weighted by Crippen LogP contribution is 2.38. The average molecular weight is 350 g/mol. The van der Waals surface area contributed by atoms with Gasteiger partial charge in [0.05, 0.1) is 23.5 Å². The lowest BCUT2D eigenvalue weighted by Crippen LogP contribution is -2.10. The first-order chi connectivity index (χ1) is 9.97. The second kappa shape index (κ2) is 6.94. The van der Waals surface area contributed by atoms with Crippen LogP contribution in [-0.2, 0) is 0 Å². The van der Waals surface area contributed by atoms with E-state index in [0.717, 1.165) is 27.4 Å². The van der Waals surface area contributed by atoms with E-state index in [1.807, 2.05) is 64.1 Å². The summed E-state index contributed by atoms with van der Waals surface area (Å²) in [6.07, 6.45) is 0.176. The zero-order chi connectivity index (χ0) is 15.4. The Balaban J connectivity index is 2.57. The number of benzene rings is 1. The van der Waals surface area contributed by atoms with Gasteiger partial charge in [0.2, 0.25) is 0 Å². The Morgan fingerprint density at radius 1 is 0.857 bits per heavy atom. The first kappa shape index (κ1) is 15.8. The van der Waals surface area contributed by atoms with Crippen LogP contribution < -0.4 is 9.47 Å². The number of rotatable bonds is 5. The Morgan fingerprint density at radius 3 is 1.86 bits per heavy atom. The first-order valence-electron chi connectivity index (χ1n) is 7.06. The highest BCUT2D eigenvalue weighted by Gasteiger charge is 2.16. The van der Waals surface area contributed by atoms with Crippen molar-refractivity contribution in [1.82, 2.24) is 4.98 Å². The summed E-state index contributed by atoms with van der Waals surface area (Å²) in [4.78, 5) is 4.54. The van der Waals surface area contributed by atoms with Crippen molar-refractivity contribution in [2.75, 3.05) is 0 Å². The third kappa shape index (κ3) is 4.21. The van der Waals surface area contributed by atoms with Gasteiger partial charge in [0.1, 0.15) is 16.1 Å². The lowest BCUT2D eigenvalue weighted by Gasteiger charge is -2.19. The van der Waals surface area contributed by atoms with Crippen molar-refractivity contribution in [3.63, 3.8) is 0 Å². The molecular formula is C17H20BrNO2. The van der Waals surface area contributed by atoms with Gasteiger partial charge in [0.25, 0.3) is 0 Å². The number of hydrogen-bond acceptors (Lipinski definition) is 3. The lowest BCUT2D eigenvalue weighted by molar-refractivity contribution is 0.231. The molecule has 0 spiro atoms. The minimum atomic E-state index is 0.0882. The zero-order valence-electron chi connectivity index (χ0n) is 12.8. The molecule has 0 atom stereocenters. The molecule has 0 unspecified atom stereocenters. The minimum Gasteiger partial charge on any atom is -0.490 e. The van der Waals surface area contributed by atoms with Gasteiger partial charge in [-0.05, 0) is 67.9 Å². The van der Waals surface area contributed by atoms with Crippen molar-refractivity contribution >= 4 is 15.9 Å². The summed E-state index contributed by atoms with van der Waals surface area (Å²) in [6, 6.07) is 11.7. The van der Waals surface area contributed by atoms with E-state index in [0.29, 0.717) is 0 Å². The monoisotopic (exact) mass is 349 g/mol. The third-order valence-electron chi connectivity index (χ3n) is 2.68. The topological polar surface area (TPSA) is 31.4 Å². The van der Waals surface area contributed by atoms with Crippen LogP contribution in [0.4, 0.5) is 0 Å². The molecule has 1 aromatic carbocycles. The molecule has 0 aliphatic rings. The van der Waals surface area contributed by atoms with Crippen LogP contribution >= 0.6 is 15.9 Å². The highest BCUT2D eigenvalue weighted by molar-refractivity contribution is 9.10. The van der Waals surface area contributed by atoms with Crippen LogP contribution in [0.25, 0.3) is 11.3 Å². The molecule has 1 heterocycles. The smallest absolute Gasteiger partial charge is 0.132 e. The number of halogens is 1. The van der Waals surface area contributed by atoms with Gasteiger partial charge >= 0.3 is 0 Å². The number of ether oxygens (including phenoxy) is 2. The molecule has 0 saturated carbocycles. The molecule has 21 heavy (non-hydrogen) atoms. The van der Waals surface area contributed by atoms with E-state index in [9.17, 15) is 0 Å². The molecule has 1 aromatic heterocycles. The summed E-state index contributed by atoms with van der Waals surface area (Å²) in [5.74, 6) is 1.57. The Morgan fingerprint density at radius 2 is 1.38 bits per heavy atom. The van der Waals surface area contributed by atoms with Crippen LogP contribution in [0.1, 0.15) is 27.7 Å². The van der Waals surface area contributed by atoms with E-state index in [2.05, 4.69) is 20.9 Å². The molecule has 0 aliphatic carbocycles. The number of pyridine rings is 1. The summed E-state index contributed by atoms with van der Waals surface area (Å²) >= 11 is 3.42. The second-order valence-corrected chi connectivity index (χ2v) is 6.12. The summed E-state index contributed by atoms with van der Waals surface area (Å²) in [5.41, 5.74) is 1.72. The van der Waals surface area contributed by atoms with Crippen LogP contribution in [0.3, 0.4) is 0 Å². The molecule has 0 bridgehead atoms. The fourth-order valence-corrected chi connectivity index (χ4v) is 2.36. The molecule has 3 nitrogen and oxygen atoms in total. The van der Waals surface area contributed by atoms with E-state index < -0.39 is 0 Å². The van der Waals surface area contributed by atoms with E-state index in [-0.39, 0.29) is 12.2 Å². The number of nitrogens with zero attached hydrogens (tertiary/aromatic N) is 1. The predicted molar refractivity (Wildman–Crippen MR) is 88.9 cm³/mol. The molecule has 0 radical (unpaired) electrons. The van der Waals surface area contributed by atoms with Crippen molar-refractivity contribution in [3.8, 4) is 22.8 Å². The summed E-state index contributed by atoms with van der Waals surface area (Å²) < 4.78 is 12.6. The van der Waals surface area contributed by atoms with E-state index in [1.165, 1.54) is 0 Å². The molecule has 112 valence electrons. The maximum absolute atomic E-state index is 5.93. The van der Waals surface area contributed by atoms with Gasteiger partial charge in [-0.2, -0.15) is 0 Å². The quantitative estimate of drug-likeness (QED) is 0.704. The number of hydrogen-bond donors (Lipinski definition) is 0. The molecule has 0 fully saturated rings. The molecule has 0 aliphatic heterocycles. The predicted octanol–water partition coefficient (Wildman–Crippen LogP) is 5.09. The van der Waals surface area contributed by atoms with Crippen molar-refractivity contribution in [2.24, 2.45) is 0 Å². The van der Waals surface area contributed by atoms with E-state index in [4.69, 9.17) is 9.47 Å². The maximum Gasteiger partial charge on any atom is 0.132 e. The molecule has 0 saturated heterocycles. The zero-order valence-corrected chi connectivity index (χ0v) is 14.3. The van der Waals surface area contributed by atoms with Crippen LogP contribution in [-0.4, -0.2) is 17.2 Å². The maximum atomic E-state index is 5.93. The SMILES string of the molecule is CC(C)Oc1cccc(OC(C)C)c1-c1cccc(Br)n1. The summed E-state index contributed by atoms with van der Waals surface area (Å²) in [7, 11) is 0. The van der Waals surface area contributed by atoms with Crippen LogP contribution in [0.2, 0.25) is 0 Å². The van der Waals surface area contributed by atoms with Crippen LogP contribution in [0, 0.1) is 0 Å². The van der Waals surface area contributed by atoms with Crippen molar-refractivity contribution in [2.45, 2.75) is 39.9 Å². The van der Waals surface area contributed by atoms with Gasteiger partial charge < -0.3 is 9.47 Å². The standard InChI is InChI=1S/C17H20BrNO2/c1-11(2)20-14-8-6-9-15(21-12(3)4)17(14)13-7-5-10-16(18)19-13/h5-12H,1-4H3. The Labute approximate surface area is 134 Å². The third-order valence-corrected chi connectivity index (χ3v) is 3.13. The van der Waals surface area contributed by atoms with E-state index in [1.54, 1.807) is 0 Å². The molecule has 2 rings (SSSR count). The fraction of sp³-hybridized carbons (Fsp3) is 0.353. The molecule has 0 N–H and O–H groups in total. The van der Waals surface area contributed by atoms with Crippen molar-refractivity contribution < 1.29 is 9.47 Å². The molecule has 2 aromatic rings. The normalized spacial score (nSPS) is 11.0. The first-order valence-corrected chi connectivity index (χ1v) is 7.86. The molecule has 4 heteroatoms. The molecule has 0 amide bonds. The summed E-state index contributed by atoms with van der Waals surface area (Å²) in [5, 5.41) is 0. The van der Waals surface area contributed by atoms with Crippen LogP contribution in [0.5, 0.6) is 11.5 Å². The van der Waals surface area contributed by atoms with Gasteiger partial charge in [-0.15, -0.1) is 0 Å². The minimum absolute atomic E-state index is 0.0882. The average Bonchev–Trinajstić information content (AvgIpc) is 2.37. The summed E-state index contributed by atoms with van der Waals surface area (Å²) in [6.45, 7) is 8.03. The highest BCUT2D eigenvalue weighted by atomic mass is 79.9. The second-order valence-electron chi connectivity index (χ2n) is 5.31. The van der Waals surface area contributed by atoms with Crippen molar-refractivity contribution in [1.29, 1.82) is 0 Å². The largest absolute Gasteiger partial charge is 0.490 e. The number of aromatic nitrogens is 1. The van der Waals surface area contributed by atoms with Crippen molar-refractivity contribution in [3.05, 3.63) is 41.0 Å². The fourth-order valence-electron chi connectivity index (χ4n) is 2.02. The van der Waals surface area contributed by atoms with Gasteiger partial charge in [0, 0.05) is 0 Å².